The number of carbonyl (C=O) groups is 2. The van der Waals surface area contributed by atoms with Crippen LogP contribution in [-0.2, 0) is 26.7 Å². The molecule has 1 heterocycles. The van der Waals surface area contributed by atoms with Crippen molar-refractivity contribution in [3.05, 3.63) is 40.5 Å². The van der Waals surface area contributed by atoms with E-state index in [1.54, 1.807) is 7.11 Å². The van der Waals surface area contributed by atoms with Gasteiger partial charge in [0.15, 0.2) is 0 Å². The van der Waals surface area contributed by atoms with Gasteiger partial charge in [-0.15, -0.1) is 0 Å². The number of carbonyl (C=O) groups excluding carboxylic acids is 2. The monoisotopic (exact) mass is 354 g/mol. The number of rotatable bonds is 6. The highest BCUT2D eigenvalue weighted by atomic mass is 32.1. The second kappa shape index (κ2) is 10.00. The molecule has 6 nitrogen and oxygen atoms in total. The van der Waals surface area contributed by atoms with Gasteiger partial charge in [-0.25, -0.2) is 4.79 Å². The molecule has 132 valence electrons. The van der Waals surface area contributed by atoms with Crippen LogP contribution in [0.1, 0.15) is 39.9 Å². The number of aliphatic hydroxyl groups excluding tert-OH is 1. The van der Waals surface area contributed by atoms with Crippen LogP contribution in [0.2, 0.25) is 0 Å². The number of methoxy groups -OCH3 is 1. The first-order valence-electron chi connectivity index (χ1n) is 7.39. The van der Waals surface area contributed by atoms with Crippen LogP contribution in [0.4, 0.5) is 0 Å². The molecular formula is C17H22O6S. The second-order valence-corrected chi connectivity index (χ2v) is 5.16. The first kappa shape index (κ1) is 20.1. The summed E-state index contributed by atoms with van der Waals surface area (Å²) >= 11 is 3.45. The summed E-state index contributed by atoms with van der Waals surface area (Å²) in [7, 11) is 2.61. The van der Waals surface area contributed by atoms with Crippen molar-refractivity contribution in [1.29, 1.82) is 0 Å². The molecule has 0 amide bonds. The van der Waals surface area contributed by atoms with Gasteiger partial charge in [0.2, 0.25) is 0 Å². The van der Waals surface area contributed by atoms with Gasteiger partial charge in [-0.2, -0.15) is 0 Å². The van der Waals surface area contributed by atoms with E-state index in [1.165, 1.54) is 0 Å². The number of hydrogen-bond acceptors (Lipinski definition) is 7. The molecule has 0 saturated heterocycles. The SMILES string of the molecule is CO.COc1c(C/C=C/CCC(=O)OS)cc2c(c1C)COC2=O. The fraction of sp³-hybridized carbons (Fsp3) is 0.412. The molecule has 0 radical (unpaired) electrons. The molecule has 0 spiro atoms. The summed E-state index contributed by atoms with van der Waals surface area (Å²) in [5.41, 5.74) is 3.37. The molecule has 0 aliphatic carbocycles. The molecule has 2 rings (SSSR count). The first-order valence-corrected chi connectivity index (χ1v) is 7.75. The molecule has 0 unspecified atom stereocenters. The van der Waals surface area contributed by atoms with E-state index in [1.807, 2.05) is 25.1 Å². The fourth-order valence-corrected chi connectivity index (χ4v) is 2.59. The molecule has 1 aromatic carbocycles. The number of allylic oxidation sites excluding steroid dienone is 2. The molecule has 1 aliphatic heterocycles. The van der Waals surface area contributed by atoms with E-state index in [-0.39, 0.29) is 18.4 Å². The Morgan fingerprint density at radius 1 is 1.42 bits per heavy atom. The summed E-state index contributed by atoms with van der Waals surface area (Å²) < 4.78 is 14.8. The fourth-order valence-electron chi connectivity index (χ4n) is 2.50. The number of aliphatic hydroxyl groups is 1. The highest BCUT2D eigenvalue weighted by Gasteiger charge is 2.26. The Morgan fingerprint density at radius 3 is 2.75 bits per heavy atom. The van der Waals surface area contributed by atoms with Crippen molar-refractivity contribution in [2.45, 2.75) is 32.8 Å². The lowest BCUT2D eigenvalue weighted by Crippen LogP contribution is -2.01. The molecule has 1 N–H and O–H groups in total. The summed E-state index contributed by atoms with van der Waals surface area (Å²) in [5, 5.41) is 7.00. The normalized spacial score (nSPS) is 12.3. The number of fused-ring (bicyclic) bond motifs is 1. The quantitative estimate of drug-likeness (QED) is 0.354. The van der Waals surface area contributed by atoms with Crippen LogP contribution in [0, 0.1) is 6.92 Å². The lowest BCUT2D eigenvalue weighted by Gasteiger charge is -2.13. The number of esters is 1. The second-order valence-electron chi connectivity index (χ2n) is 4.97. The van der Waals surface area contributed by atoms with E-state index in [0.29, 0.717) is 25.0 Å². The number of hydrogen-bond donors (Lipinski definition) is 2. The Balaban J connectivity index is 0.00000139. The zero-order chi connectivity index (χ0) is 18.1. The molecule has 1 aliphatic rings. The molecule has 0 bridgehead atoms. The minimum Gasteiger partial charge on any atom is -0.496 e. The average molecular weight is 354 g/mol. The van der Waals surface area contributed by atoms with Crippen LogP contribution in [0.15, 0.2) is 18.2 Å². The van der Waals surface area contributed by atoms with E-state index < -0.39 is 0 Å². The third kappa shape index (κ3) is 4.75. The lowest BCUT2D eigenvalue weighted by atomic mass is 9.97. The van der Waals surface area contributed by atoms with E-state index >= 15 is 0 Å². The van der Waals surface area contributed by atoms with Crippen LogP contribution in [0.25, 0.3) is 0 Å². The first-order chi connectivity index (χ1) is 11.6. The Morgan fingerprint density at radius 2 is 2.12 bits per heavy atom. The number of thiol groups is 1. The highest BCUT2D eigenvalue weighted by molar-refractivity contribution is 7.75. The number of cyclic esters (lactones) is 1. The van der Waals surface area contributed by atoms with Crippen molar-refractivity contribution in [2.24, 2.45) is 0 Å². The van der Waals surface area contributed by atoms with Crippen LogP contribution in [-0.4, -0.2) is 31.3 Å². The zero-order valence-electron chi connectivity index (χ0n) is 14.0. The average Bonchev–Trinajstić information content (AvgIpc) is 2.97. The third-order valence-electron chi connectivity index (χ3n) is 3.62. The van der Waals surface area contributed by atoms with E-state index in [2.05, 4.69) is 17.1 Å². The highest BCUT2D eigenvalue weighted by Crippen LogP contribution is 2.34. The predicted octanol–water partition coefficient (Wildman–Crippen LogP) is 2.55. The Labute approximate surface area is 147 Å². The van der Waals surface area contributed by atoms with E-state index in [0.717, 1.165) is 29.5 Å². The van der Waals surface area contributed by atoms with Crippen LogP contribution in [0.3, 0.4) is 0 Å². The minimum absolute atomic E-state index is 0.284. The molecule has 7 heteroatoms. The van der Waals surface area contributed by atoms with Gasteiger partial charge in [0.05, 0.1) is 19.1 Å². The summed E-state index contributed by atoms with van der Waals surface area (Å²) in [6, 6.07) is 1.82. The molecule has 0 fully saturated rings. The van der Waals surface area contributed by atoms with Gasteiger partial charge < -0.3 is 18.8 Å². The molecule has 0 atom stereocenters. The summed E-state index contributed by atoms with van der Waals surface area (Å²) in [4.78, 5) is 22.7. The Kier molecular flexibility index (Phi) is 8.35. The lowest BCUT2D eigenvalue weighted by molar-refractivity contribution is -0.132. The summed E-state index contributed by atoms with van der Waals surface area (Å²) in [5.74, 6) is 0.126. The van der Waals surface area contributed by atoms with Gasteiger partial charge in [-0.1, -0.05) is 12.2 Å². The maximum Gasteiger partial charge on any atom is 0.338 e. The van der Waals surface area contributed by atoms with Crippen LogP contribution in [0.5, 0.6) is 5.75 Å². The van der Waals surface area contributed by atoms with Crippen molar-refractivity contribution in [2.75, 3.05) is 14.2 Å². The number of benzene rings is 1. The van der Waals surface area contributed by atoms with Gasteiger partial charge >= 0.3 is 11.9 Å². The standard InChI is InChI=1S/C16H18O5S.CH4O/c1-10-13-9-20-16(18)12(13)8-11(15(10)19-2)6-4-3-5-7-14(17)21-22;1-2/h3-4,8,22H,5-7,9H2,1-2H3;2H,1H3/b4-3+;. The van der Waals surface area contributed by atoms with E-state index in [9.17, 15) is 9.59 Å². The van der Waals surface area contributed by atoms with Gasteiger partial charge in [0.1, 0.15) is 12.4 Å². The number of ether oxygens (including phenoxy) is 2. The summed E-state index contributed by atoms with van der Waals surface area (Å²) in [6.07, 6.45) is 5.31. The minimum atomic E-state index is -0.360. The Hall–Kier alpha value is -1.99. The van der Waals surface area contributed by atoms with Gasteiger partial charge in [-0.05, 0) is 37.0 Å². The van der Waals surface area contributed by atoms with Crippen molar-refractivity contribution < 1.29 is 28.4 Å². The predicted molar refractivity (Wildman–Crippen MR) is 92.1 cm³/mol. The Bertz CT molecular complexity index is 624. The topological polar surface area (TPSA) is 82.1 Å². The smallest absolute Gasteiger partial charge is 0.338 e. The van der Waals surface area contributed by atoms with Crippen LogP contribution >= 0.6 is 12.9 Å². The van der Waals surface area contributed by atoms with Crippen molar-refractivity contribution in [3.63, 3.8) is 0 Å². The zero-order valence-corrected chi connectivity index (χ0v) is 14.9. The molecule has 24 heavy (non-hydrogen) atoms. The van der Waals surface area contributed by atoms with Gasteiger partial charge in [-0.3, -0.25) is 4.79 Å². The third-order valence-corrected chi connectivity index (χ3v) is 3.83. The summed E-state index contributed by atoms with van der Waals surface area (Å²) in [6.45, 7) is 2.23. The molecule has 0 saturated carbocycles. The van der Waals surface area contributed by atoms with Gasteiger partial charge in [0, 0.05) is 25.6 Å². The van der Waals surface area contributed by atoms with Gasteiger partial charge in [0.25, 0.3) is 0 Å². The molecule has 0 aromatic heterocycles. The largest absolute Gasteiger partial charge is 0.496 e. The van der Waals surface area contributed by atoms with Crippen molar-refractivity contribution >= 4 is 24.8 Å². The molecule has 1 aromatic rings. The maximum atomic E-state index is 11.7. The maximum absolute atomic E-state index is 11.7. The molecular weight excluding hydrogens is 332 g/mol. The van der Waals surface area contributed by atoms with Crippen LogP contribution < -0.4 is 4.74 Å². The van der Waals surface area contributed by atoms with E-state index in [4.69, 9.17) is 14.6 Å². The van der Waals surface area contributed by atoms with Crippen molar-refractivity contribution in [1.82, 2.24) is 0 Å². The van der Waals surface area contributed by atoms with Crippen molar-refractivity contribution in [3.8, 4) is 5.75 Å².